The molecular weight excluding hydrogens is 292 g/mol. The van der Waals surface area contributed by atoms with Crippen molar-refractivity contribution >= 4 is 11.8 Å². The third kappa shape index (κ3) is 5.06. The number of carbonyl (C=O) groups excluding carboxylic acids is 2. The van der Waals surface area contributed by atoms with Gasteiger partial charge >= 0.3 is 0 Å². The highest BCUT2D eigenvalue weighted by molar-refractivity contribution is 5.94. The van der Waals surface area contributed by atoms with Crippen LogP contribution in [0.3, 0.4) is 0 Å². The SMILES string of the molecule is COCCN1C[C@@H](Cc2cccc(C(=O)NC(C)C)c2)CC1=O. The molecule has 1 atom stereocenters. The monoisotopic (exact) mass is 318 g/mol. The van der Waals surface area contributed by atoms with Gasteiger partial charge in [0.1, 0.15) is 0 Å². The van der Waals surface area contributed by atoms with Crippen LogP contribution >= 0.6 is 0 Å². The second kappa shape index (κ2) is 8.11. The number of likely N-dealkylation sites (tertiary alicyclic amines) is 1. The molecule has 5 heteroatoms. The van der Waals surface area contributed by atoms with Crippen molar-refractivity contribution in [2.24, 2.45) is 5.92 Å². The normalized spacial score (nSPS) is 17.8. The lowest BCUT2D eigenvalue weighted by Gasteiger charge is -2.16. The van der Waals surface area contributed by atoms with Crippen molar-refractivity contribution in [3.05, 3.63) is 35.4 Å². The standard InChI is InChI=1S/C18H26N2O3/c1-13(2)19-18(22)16-6-4-5-14(10-16)9-15-11-17(21)20(12-15)7-8-23-3/h4-6,10,13,15H,7-9,11-12H2,1-3H3,(H,19,22)/t15-/m0/s1. The Bertz CT molecular complexity index is 557. The maximum Gasteiger partial charge on any atom is 0.251 e. The molecule has 126 valence electrons. The topological polar surface area (TPSA) is 58.6 Å². The molecule has 2 amide bonds. The van der Waals surface area contributed by atoms with Crippen LogP contribution < -0.4 is 5.32 Å². The maximum atomic E-state index is 12.1. The van der Waals surface area contributed by atoms with Gasteiger partial charge in [-0.05, 0) is 43.9 Å². The summed E-state index contributed by atoms with van der Waals surface area (Å²) in [5, 5.41) is 2.90. The third-order valence-corrected chi connectivity index (χ3v) is 3.99. The highest BCUT2D eigenvalue weighted by Gasteiger charge is 2.29. The largest absolute Gasteiger partial charge is 0.383 e. The van der Waals surface area contributed by atoms with Gasteiger partial charge in [-0.1, -0.05) is 12.1 Å². The van der Waals surface area contributed by atoms with E-state index in [2.05, 4.69) is 5.32 Å². The second-order valence-corrected chi connectivity index (χ2v) is 6.44. The number of ether oxygens (including phenoxy) is 1. The summed E-state index contributed by atoms with van der Waals surface area (Å²) >= 11 is 0. The van der Waals surface area contributed by atoms with E-state index in [0.29, 0.717) is 31.1 Å². The van der Waals surface area contributed by atoms with Crippen molar-refractivity contribution in [1.29, 1.82) is 0 Å². The van der Waals surface area contributed by atoms with E-state index in [1.807, 2.05) is 43.0 Å². The van der Waals surface area contributed by atoms with Gasteiger partial charge in [0.25, 0.3) is 5.91 Å². The first kappa shape index (κ1) is 17.5. The number of rotatable bonds is 7. The fourth-order valence-corrected chi connectivity index (χ4v) is 2.93. The van der Waals surface area contributed by atoms with Gasteiger partial charge in [-0.15, -0.1) is 0 Å². The van der Waals surface area contributed by atoms with Crippen LogP contribution in [-0.4, -0.2) is 49.6 Å². The van der Waals surface area contributed by atoms with Crippen LogP contribution in [0.4, 0.5) is 0 Å². The van der Waals surface area contributed by atoms with Gasteiger partial charge in [-0.25, -0.2) is 0 Å². The number of nitrogens with one attached hydrogen (secondary N) is 1. The quantitative estimate of drug-likeness (QED) is 0.835. The molecular formula is C18H26N2O3. The highest BCUT2D eigenvalue weighted by atomic mass is 16.5. The summed E-state index contributed by atoms with van der Waals surface area (Å²) in [6.07, 6.45) is 1.39. The molecule has 0 saturated carbocycles. The van der Waals surface area contributed by atoms with Gasteiger partial charge in [0.05, 0.1) is 6.61 Å². The fraction of sp³-hybridized carbons (Fsp3) is 0.556. The lowest BCUT2D eigenvalue weighted by Crippen LogP contribution is -2.30. The fourth-order valence-electron chi connectivity index (χ4n) is 2.93. The third-order valence-electron chi connectivity index (χ3n) is 3.99. The molecule has 1 aromatic carbocycles. The zero-order chi connectivity index (χ0) is 16.8. The van der Waals surface area contributed by atoms with E-state index in [1.165, 1.54) is 0 Å². The summed E-state index contributed by atoms with van der Waals surface area (Å²) in [6.45, 7) is 5.89. The summed E-state index contributed by atoms with van der Waals surface area (Å²) in [5.41, 5.74) is 1.78. The highest BCUT2D eigenvalue weighted by Crippen LogP contribution is 2.22. The van der Waals surface area contributed by atoms with Crippen LogP contribution in [0.15, 0.2) is 24.3 Å². The lowest BCUT2D eigenvalue weighted by atomic mass is 9.97. The Morgan fingerprint density at radius 2 is 2.22 bits per heavy atom. The van der Waals surface area contributed by atoms with Gasteiger partial charge in [0, 0.05) is 38.2 Å². The van der Waals surface area contributed by atoms with Crippen molar-refractivity contribution in [3.8, 4) is 0 Å². The molecule has 1 aromatic rings. The minimum absolute atomic E-state index is 0.0499. The molecule has 1 N–H and O–H groups in total. The molecule has 0 unspecified atom stereocenters. The molecule has 0 spiro atoms. The Hall–Kier alpha value is -1.88. The Morgan fingerprint density at radius 1 is 1.43 bits per heavy atom. The van der Waals surface area contributed by atoms with Gasteiger partial charge in [0.15, 0.2) is 0 Å². The Morgan fingerprint density at radius 3 is 2.91 bits per heavy atom. The zero-order valence-electron chi connectivity index (χ0n) is 14.2. The average molecular weight is 318 g/mol. The molecule has 0 bridgehead atoms. The van der Waals surface area contributed by atoms with Gasteiger partial charge in [-0.3, -0.25) is 9.59 Å². The van der Waals surface area contributed by atoms with Crippen LogP contribution in [-0.2, 0) is 16.0 Å². The first-order chi connectivity index (χ1) is 11.0. The Labute approximate surface area is 138 Å². The van der Waals surface area contributed by atoms with Crippen LogP contribution in [0.25, 0.3) is 0 Å². The first-order valence-corrected chi connectivity index (χ1v) is 8.16. The molecule has 2 rings (SSSR count). The van der Waals surface area contributed by atoms with Gasteiger partial charge in [0.2, 0.25) is 5.91 Å². The van der Waals surface area contributed by atoms with E-state index in [4.69, 9.17) is 4.74 Å². The van der Waals surface area contributed by atoms with Crippen LogP contribution in [0.1, 0.15) is 36.2 Å². The predicted molar refractivity (Wildman–Crippen MR) is 89.3 cm³/mol. The smallest absolute Gasteiger partial charge is 0.251 e. The summed E-state index contributed by atoms with van der Waals surface area (Å²) in [5.74, 6) is 0.453. The summed E-state index contributed by atoms with van der Waals surface area (Å²) in [4.78, 5) is 25.9. The van der Waals surface area contributed by atoms with Crippen LogP contribution in [0.5, 0.6) is 0 Å². The van der Waals surface area contributed by atoms with E-state index in [1.54, 1.807) is 7.11 Å². The van der Waals surface area contributed by atoms with Crippen molar-refractivity contribution in [2.45, 2.75) is 32.7 Å². The van der Waals surface area contributed by atoms with E-state index < -0.39 is 0 Å². The minimum Gasteiger partial charge on any atom is -0.383 e. The van der Waals surface area contributed by atoms with Crippen molar-refractivity contribution in [2.75, 3.05) is 26.8 Å². The van der Waals surface area contributed by atoms with E-state index in [0.717, 1.165) is 18.5 Å². The number of hydrogen-bond acceptors (Lipinski definition) is 3. The number of nitrogens with zero attached hydrogens (tertiary/aromatic N) is 1. The molecule has 1 heterocycles. The number of amides is 2. The van der Waals surface area contributed by atoms with Crippen molar-refractivity contribution < 1.29 is 14.3 Å². The summed E-state index contributed by atoms with van der Waals surface area (Å²) in [7, 11) is 1.64. The number of carbonyl (C=O) groups is 2. The van der Waals surface area contributed by atoms with Crippen molar-refractivity contribution in [1.82, 2.24) is 10.2 Å². The molecule has 0 aliphatic carbocycles. The molecule has 1 fully saturated rings. The minimum atomic E-state index is -0.0499. The van der Waals surface area contributed by atoms with E-state index in [9.17, 15) is 9.59 Å². The summed E-state index contributed by atoms with van der Waals surface area (Å²) < 4.78 is 5.04. The van der Waals surface area contributed by atoms with Crippen LogP contribution in [0.2, 0.25) is 0 Å². The second-order valence-electron chi connectivity index (χ2n) is 6.44. The molecule has 0 radical (unpaired) electrons. The molecule has 23 heavy (non-hydrogen) atoms. The lowest BCUT2D eigenvalue weighted by molar-refractivity contribution is -0.128. The van der Waals surface area contributed by atoms with E-state index >= 15 is 0 Å². The predicted octanol–water partition coefficient (Wildman–Crippen LogP) is 1.86. The van der Waals surface area contributed by atoms with Gasteiger partial charge in [-0.2, -0.15) is 0 Å². The summed E-state index contributed by atoms with van der Waals surface area (Å²) in [6, 6.07) is 7.80. The number of hydrogen-bond donors (Lipinski definition) is 1. The number of methoxy groups -OCH3 is 1. The molecule has 1 saturated heterocycles. The van der Waals surface area contributed by atoms with Crippen LogP contribution in [0, 0.1) is 5.92 Å². The van der Waals surface area contributed by atoms with E-state index in [-0.39, 0.29) is 17.9 Å². The Balaban J connectivity index is 1.96. The maximum absolute atomic E-state index is 12.1. The first-order valence-electron chi connectivity index (χ1n) is 8.16. The molecule has 1 aliphatic heterocycles. The van der Waals surface area contributed by atoms with Crippen molar-refractivity contribution in [3.63, 3.8) is 0 Å². The Kier molecular flexibility index (Phi) is 6.16. The zero-order valence-corrected chi connectivity index (χ0v) is 14.2. The number of benzene rings is 1. The van der Waals surface area contributed by atoms with Gasteiger partial charge < -0.3 is 15.0 Å². The molecule has 0 aromatic heterocycles. The molecule has 1 aliphatic rings. The average Bonchev–Trinajstić information content (AvgIpc) is 2.84. The molecule has 5 nitrogen and oxygen atoms in total.